The lowest BCUT2D eigenvalue weighted by atomic mass is 10.1. The molecule has 1 aliphatic rings. The van der Waals surface area contributed by atoms with E-state index in [1.165, 1.54) is 12.8 Å². The third kappa shape index (κ3) is 3.30. The van der Waals surface area contributed by atoms with Crippen LogP contribution in [0.5, 0.6) is 0 Å². The lowest BCUT2D eigenvalue weighted by molar-refractivity contribution is 0.102. The number of aryl methyl sites for hydroxylation is 2. The number of anilines is 2. The molecule has 0 unspecified atom stereocenters. The van der Waals surface area contributed by atoms with Crippen LogP contribution in [0, 0.1) is 13.8 Å². The summed E-state index contributed by atoms with van der Waals surface area (Å²) >= 11 is 0. The van der Waals surface area contributed by atoms with Gasteiger partial charge in [0.2, 0.25) is 0 Å². The van der Waals surface area contributed by atoms with Crippen molar-refractivity contribution in [2.75, 3.05) is 23.3 Å². The molecule has 1 saturated heterocycles. The molecule has 27 heavy (non-hydrogen) atoms. The predicted octanol–water partition coefficient (Wildman–Crippen LogP) is 2.67. The minimum absolute atomic E-state index is 0.247. The van der Waals surface area contributed by atoms with E-state index in [9.17, 15) is 4.79 Å². The van der Waals surface area contributed by atoms with E-state index >= 15 is 0 Å². The number of pyridine rings is 1. The second kappa shape index (κ2) is 6.86. The molecular weight excluding hydrogens is 342 g/mol. The number of nitrogens with zero attached hydrogens (tertiary/aromatic N) is 5. The Kier molecular flexibility index (Phi) is 4.39. The number of hydrogen-bond acceptors (Lipinski definition) is 5. The average Bonchev–Trinajstić information content (AvgIpc) is 3.38. The molecule has 1 fully saturated rings. The van der Waals surface area contributed by atoms with E-state index in [0.717, 1.165) is 35.9 Å². The SMILES string of the molecule is Cc1nn(C)c(C)c1-c1cc(C(=O)Nc2ccc(N3CCCC3)nc2)[nH]n1. The fraction of sp³-hybridized carbons (Fsp3) is 0.368. The van der Waals surface area contributed by atoms with Crippen LogP contribution in [0.25, 0.3) is 11.3 Å². The average molecular weight is 365 g/mol. The van der Waals surface area contributed by atoms with Crippen molar-refractivity contribution in [2.24, 2.45) is 7.05 Å². The van der Waals surface area contributed by atoms with Crippen LogP contribution in [0.2, 0.25) is 0 Å². The number of nitrogens with one attached hydrogen (secondary N) is 2. The summed E-state index contributed by atoms with van der Waals surface area (Å²) in [5.74, 6) is 0.709. The number of rotatable bonds is 4. The zero-order chi connectivity index (χ0) is 19.0. The van der Waals surface area contributed by atoms with E-state index in [4.69, 9.17) is 0 Å². The standard InChI is InChI=1S/C19H23N7O/c1-12-18(13(2)25(3)24-12)15-10-16(23-22-15)19(27)21-14-6-7-17(20-11-14)26-8-4-5-9-26/h6-7,10-11H,4-5,8-9H2,1-3H3,(H,21,27)(H,22,23). The van der Waals surface area contributed by atoms with Gasteiger partial charge in [-0.05, 0) is 44.9 Å². The maximum absolute atomic E-state index is 12.5. The maximum Gasteiger partial charge on any atom is 0.273 e. The highest BCUT2D eigenvalue weighted by Crippen LogP contribution is 2.25. The summed E-state index contributed by atoms with van der Waals surface area (Å²) in [7, 11) is 1.89. The molecule has 8 heteroatoms. The lowest BCUT2D eigenvalue weighted by Gasteiger charge is -2.16. The number of aromatic nitrogens is 5. The molecule has 0 saturated carbocycles. The minimum Gasteiger partial charge on any atom is -0.357 e. The molecule has 4 rings (SSSR count). The number of H-pyrrole nitrogens is 1. The van der Waals surface area contributed by atoms with Crippen molar-refractivity contribution < 1.29 is 4.79 Å². The highest BCUT2D eigenvalue weighted by molar-refractivity contribution is 6.03. The number of hydrogen-bond donors (Lipinski definition) is 2. The lowest BCUT2D eigenvalue weighted by Crippen LogP contribution is -2.19. The van der Waals surface area contributed by atoms with Gasteiger partial charge in [0.25, 0.3) is 5.91 Å². The van der Waals surface area contributed by atoms with Gasteiger partial charge >= 0.3 is 0 Å². The summed E-state index contributed by atoms with van der Waals surface area (Å²) < 4.78 is 1.81. The van der Waals surface area contributed by atoms with E-state index in [-0.39, 0.29) is 5.91 Å². The molecule has 0 radical (unpaired) electrons. The maximum atomic E-state index is 12.5. The Morgan fingerprint density at radius 2 is 2.00 bits per heavy atom. The zero-order valence-corrected chi connectivity index (χ0v) is 15.8. The van der Waals surface area contributed by atoms with E-state index in [2.05, 4.69) is 30.5 Å². The normalized spacial score (nSPS) is 14.0. The van der Waals surface area contributed by atoms with Crippen molar-refractivity contribution >= 4 is 17.4 Å². The summed E-state index contributed by atoms with van der Waals surface area (Å²) in [4.78, 5) is 19.2. The Labute approximate surface area is 157 Å². The molecule has 0 bridgehead atoms. The van der Waals surface area contributed by atoms with E-state index in [1.807, 2.05) is 37.7 Å². The van der Waals surface area contributed by atoms with Crippen LogP contribution in [0.1, 0.15) is 34.7 Å². The van der Waals surface area contributed by atoms with Crippen LogP contribution in [0.4, 0.5) is 11.5 Å². The highest BCUT2D eigenvalue weighted by atomic mass is 16.1. The van der Waals surface area contributed by atoms with Crippen molar-refractivity contribution in [2.45, 2.75) is 26.7 Å². The van der Waals surface area contributed by atoms with Gasteiger partial charge in [-0.2, -0.15) is 10.2 Å². The summed E-state index contributed by atoms with van der Waals surface area (Å²) in [5.41, 5.74) is 4.61. The van der Waals surface area contributed by atoms with Crippen LogP contribution >= 0.6 is 0 Å². The Hall–Kier alpha value is -3.16. The van der Waals surface area contributed by atoms with E-state index in [1.54, 1.807) is 12.3 Å². The molecule has 2 N–H and O–H groups in total. The molecule has 1 aliphatic heterocycles. The van der Waals surface area contributed by atoms with Crippen molar-refractivity contribution in [3.63, 3.8) is 0 Å². The molecule has 1 amide bonds. The van der Waals surface area contributed by atoms with Gasteiger partial charge in [0, 0.05) is 31.4 Å². The largest absolute Gasteiger partial charge is 0.357 e. The summed E-state index contributed by atoms with van der Waals surface area (Å²) in [6, 6.07) is 5.57. The van der Waals surface area contributed by atoms with Gasteiger partial charge < -0.3 is 10.2 Å². The second-order valence-electron chi connectivity index (χ2n) is 6.89. The first-order chi connectivity index (χ1) is 13.0. The first-order valence-electron chi connectivity index (χ1n) is 9.11. The molecule has 4 heterocycles. The molecular formula is C19H23N7O. The van der Waals surface area contributed by atoms with Gasteiger partial charge in [0.05, 0.1) is 23.3 Å². The fourth-order valence-electron chi connectivity index (χ4n) is 3.50. The van der Waals surface area contributed by atoms with E-state index in [0.29, 0.717) is 17.1 Å². The first-order valence-corrected chi connectivity index (χ1v) is 9.11. The Morgan fingerprint density at radius 3 is 2.63 bits per heavy atom. The monoisotopic (exact) mass is 365 g/mol. The molecule has 0 aromatic carbocycles. The number of amides is 1. The topological polar surface area (TPSA) is 91.7 Å². The Morgan fingerprint density at radius 1 is 1.22 bits per heavy atom. The van der Waals surface area contributed by atoms with Gasteiger partial charge in [-0.1, -0.05) is 0 Å². The van der Waals surface area contributed by atoms with Gasteiger partial charge in [-0.25, -0.2) is 4.98 Å². The summed E-state index contributed by atoms with van der Waals surface area (Å²) in [5, 5.41) is 14.4. The fourth-order valence-corrected chi connectivity index (χ4v) is 3.50. The molecule has 140 valence electrons. The summed E-state index contributed by atoms with van der Waals surface area (Å²) in [6.45, 7) is 6.01. The van der Waals surface area contributed by atoms with Gasteiger partial charge in [0.1, 0.15) is 11.5 Å². The molecule has 0 aliphatic carbocycles. The van der Waals surface area contributed by atoms with Gasteiger partial charge in [-0.3, -0.25) is 14.6 Å². The van der Waals surface area contributed by atoms with Crippen LogP contribution in [0.15, 0.2) is 24.4 Å². The number of aromatic amines is 1. The van der Waals surface area contributed by atoms with Crippen molar-refractivity contribution in [1.29, 1.82) is 0 Å². The summed E-state index contributed by atoms with van der Waals surface area (Å²) in [6.07, 6.45) is 4.11. The Bertz CT molecular complexity index is 965. The quantitative estimate of drug-likeness (QED) is 0.742. The van der Waals surface area contributed by atoms with Crippen LogP contribution in [0.3, 0.4) is 0 Å². The van der Waals surface area contributed by atoms with Crippen molar-refractivity contribution in [3.8, 4) is 11.3 Å². The highest BCUT2D eigenvalue weighted by Gasteiger charge is 2.18. The second-order valence-corrected chi connectivity index (χ2v) is 6.89. The smallest absolute Gasteiger partial charge is 0.273 e. The minimum atomic E-state index is -0.247. The Balaban J connectivity index is 1.48. The molecule has 0 spiro atoms. The zero-order valence-electron chi connectivity index (χ0n) is 15.8. The molecule has 3 aromatic heterocycles. The van der Waals surface area contributed by atoms with Crippen LogP contribution < -0.4 is 10.2 Å². The third-order valence-electron chi connectivity index (χ3n) is 5.02. The molecule has 0 atom stereocenters. The number of carbonyl (C=O) groups is 1. The van der Waals surface area contributed by atoms with Gasteiger partial charge in [0.15, 0.2) is 0 Å². The van der Waals surface area contributed by atoms with Crippen LogP contribution in [-0.2, 0) is 7.05 Å². The van der Waals surface area contributed by atoms with Gasteiger partial charge in [-0.15, -0.1) is 0 Å². The molecule has 3 aromatic rings. The predicted molar refractivity (Wildman–Crippen MR) is 104 cm³/mol. The number of carbonyl (C=O) groups excluding carboxylic acids is 1. The first kappa shape index (κ1) is 17.3. The molecule has 8 nitrogen and oxygen atoms in total. The van der Waals surface area contributed by atoms with Crippen molar-refractivity contribution in [1.82, 2.24) is 25.0 Å². The van der Waals surface area contributed by atoms with Crippen LogP contribution in [-0.4, -0.2) is 44.0 Å². The third-order valence-corrected chi connectivity index (χ3v) is 5.02. The van der Waals surface area contributed by atoms with E-state index < -0.39 is 0 Å². The van der Waals surface area contributed by atoms with Crippen molar-refractivity contribution in [3.05, 3.63) is 41.5 Å².